The van der Waals surface area contributed by atoms with Gasteiger partial charge in [0.2, 0.25) is 0 Å². The Bertz CT molecular complexity index is 448. The van der Waals surface area contributed by atoms with Gasteiger partial charge in [-0.2, -0.15) is 0 Å². The van der Waals surface area contributed by atoms with Crippen LogP contribution in [0.15, 0.2) is 17.6 Å². The molecular formula is C10H19ClN4O2S. The van der Waals surface area contributed by atoms with Gasteiger partial charge in [-0.1, -0.05) is 12.8 Å². The van der Waals surface area contributed by atoms with Gasteiger partial charge >= 0.3 is 0 Å². The molecule has 0 aromatic carbocycles. The van der Waals surface area contributed by atoms with Gasteiger partial charge in [-0.3, -0.25) is 0 Å². The number of H-pyrrole nitrogens is 1. The molecule has 0 bridgehead atoms. The number of halogens is 1. The summed E-state index contributed by atoms with van der Waals surface area (Å²) in [5, 5.41) is 0.110. The molecule has 6 nitrogen and oxygen atoms in total. The molecule has 8 heteroatoms. The molecule has 2 unspecified atom stereocenters. The molecule has 2 rings (SSSR count). The fourth-order valence-corrected chi connectivity index (χ4v) is 3.54. The van der Waals surface area contributed by atoms with Crippen molar-refractivity contribution in [3.8, 4) is 0 Å². The lowest BCUT2D eigenvalue weighted by atomic mass is 9.85. The number of nitrogens with zero attached hydrogens (tertiary/aromatic N) is 1. The molecule has 1 aliphatic carbocycles. The zero-order chi connectivity index (χ0) is 12.3. The number of rotatable bonds is 4. The van der Waals surface area contributed by atoms with Crippen LogP contribution in [0.3, 0.4) is 0 Å². The number of aromatic nitrogens is 2. The first kappa shape index (κ1) is 15.4. The van der Waals surface area contributed by atoms with Gasteiger partial charge in [0, 0.05) is 6.04 Å². The minimum atomic E-state index is -3.48. The molecule has 0 saturated heterocycles. The Morgan fingerprint density at radius 3 is 2.78 bits per heavy atom. The van der Waals surface area contributed by atoms with Crippen molar-refractivity contribution in [3.63, 3.8) is 0 Å². The number of hydrogen-bond acceptors (Lipinski definition) is 4. The standard InChI is InChI=1S/C10H18N4O2S.ClH/c11-5-8-3-1-2-4-9(8)14-17(15,16)10-6-12-7-13-10;/h6-9,14H,1-5,11H2,(H,12,13);1H. The Balaban J connectivity index is 0.00000162. The topological polar surface area (TPSA) is 101 Å². The van der Waals surface area contributed by atoms with Crippen LogP contribution in [-0.2, 0) is 10.0 Å². The predicted octanol–water partition coefficient (Wildman–Crippen LogP) is 0.627. The van der Waals surface area contributed by atoms with E-state index in [1.807, 2.05) is 0 Å². The Morgan fingerprint density at radius 2 is 2.17 bits per heavy atom. The number of nitrogens with one attached hydrogen (secondary N) is 2. The summed E-state index contributed by atoms with van der Waals surface area (Å²) in [4.78, 5) is 6.33. The smallest absolute Gasteiger partial charge is 0.257 e. The number of imidazole rings is 1. The van der Waals surface area contributed by atoms with E-state index in [0.717, 1.165) is 25.7 Å². The van der Waals surface area contributed by atoms with Gasteiger partial charge in [0.25, 0.3) is 10.0 Å². The highest BCUT2D eigenvalue weighted by atomic mass is 35.5. The average molecular weight is 295 g/mol. The van der Waals surface area contributed by atoms with Gasteiger partial charge in [-0.05, 0) is 25.3 Å². The molecule has 104 valence electrons. The van der Waals surface area contributed by atoms with E-state index in [4.69, 9.17) is 5.73 Å². The van der Waals surface area contributed by atoms with Crippen molar-refractivity contribution in [2.75, 3.05) is 6.54 Å². The minimum Gasteiger partial charge on any atom is -0.335 e. The molecule has 18 heavy (non-hydrogen) atoms. The first-order valence-electron chi connectivity index (χ1n) is 5.84. The summed E-state index contributed by atoms with van der Waals surface area (Å²) in [7, 11) is -3.48. The highest BCUT2D eigenvalue weighted by Crippen LogP contribution is 2.24. The van der Waals surface area contributed by atoms with Gasteiger partial charge in [0.05, 0.1) is 12.5 Å². The average Bonchev–Trinajstić information content (AvgIpc) is 2.83. The van der Waals surface area contributed by atoms with Crippen LogP contribution in [0.25, 0.3) is 0 Å². The molecule has 0 radical (unpaired) electrons. The SMILES string of the molecule is Cl.NCC1CCCCC1NS(=O)(=O)c1cnc[nH]1. The van der Waals surface area contributed by atoms with Crippen LogP contribution in [0.5, 0.6) is 0 Å². The maximum Gasteiger partial charge on any atom is 0.257 e. The van der Waals surface area contributed by atoms with Crippen molar-refractivity contribution in [1.82, 2.24) is 14.7 Å². The Morgan fingerprint density at radius 1 is 1.44 bits per heavy atom. The van der Waals surface area contributed by atoms with E-state index in [9.17, 15) is 8.42 Å². The molecule has 0 amide bonds. The first-order valence-corrected chi connectivity index (χ1v) is 7.32. The lowest BCUT2D eigenvalue weighted by Crippen LogP contribution is -2.44. The van der Waals surface area contributed by atoms with E-state index in [0.29, 0.717) is 6.54 Å². The summed E-state index contributed by atoms with van der Waals surface area (Å²) in [6, 6.07) is -0.0537. The lowest BCUT2D eigenvalue weighted by molar-refractivity contribution is 0.296. The Kier molecular flexibility index (Phi) is 5.58. The maximum absolute atomic E-state index is 12.0. The fraction of sp³-hybridized carbons (Fsp3) is 0.700. The van der Waals surface area contributed by atoms with Gasteiger partial charge in [0.1, 0.15) is 0 Å². The summed E-state index contributed by atoms with van der Waals surface area (Å²) < 4.78 is 26.7. The molecule has 4 N–H and O–H groups in total. The third-order valence-electron chi connectivity index (χ3n) is 3.28. The molecule has 1 aromatic rings. The number of nitrogens with two attached hydrogens (primary N) is 1. The predicted molar refractivity (Wildman–Crippen MR) is 71.0 cm³/mol. The second-order valence-electron chi connectivity index (χ2n) is 4.42. The van der Waals surface area contributed by atoms with E-state index in [-0.39, 0.29) is 29.4 Å². The van der Waals surface area contributed by atoms with E-state index in [1.54, 1.807) is 0 Å². The van der Waals surface area contributed by atoms with Gasteiger partial charge in [0.15, 0.2) is 5.03 Å². The molecule has 1 saturated carbocycles. The fourth-order valence-electron chi connectivity index (χ4n) is 2.30. The summed E-state index contributed by atoms with van der Waals surface area (Å²) in [5.41, 5.74) is 5.68. The second-order valence-corrected chi connectivity index (χ2v) is 6.11. The summed E-state index contributed by atoms with van der Waals surface area (Å²) in [5.74, 6) is 0.237. The van der Waals surface area contributed by atoms with E-state index < -0.39 is 10.0 Å². The molecule has 1 aromatic heterocycles. The van der Waals surface area contributed by atoms with Crippen LogP contribution in [0.1, 0.15) is 25.7 Å². The van der Waals surface area contributed by atoms with Crippen LogP contribution in [0, 0.1) is 5.92 Å². The van der Waals surface area contributed by atoms with Gasteiger partial charge in [-0.25, -0.2) is 18.1 Å². The lowest BCUT2D eigenvalue weighted by Gasteiger charge is -2.30. The highest BCUT2D eigenvalue weighted by Gasteiger charge is 2.29. The number of aromatic amines is 1. The normalized spacial score (nSPS) is 24.5. The van der Waals surface area contributed by atoms with Crippen LogP contribution < -0.4 is 10.5 Å². The highest BCUT2D eigenvalue weighted by molar-refractivity contribution is 7.89. The summed E-state index contributed by atoms with van der Waals surface area (Å²) >= 11 is 0. The monoisotopic (exact) mass is 294 g/mol. The third-order valence-corrected chi connectivity index (χ3v) is 4.70. The van der Waals surface area contributed by atoms with Crippen LogP contribution in [0.4, 0.5) is 0 Å². The molecule has 0 spiro atoms. The van der Waals surface area contributed by atoms with E-state index in [2.05, 4.69) is 14.7 Å². The first-order chi connectivity index (χ1) is 8.13. The quantitative estimate of drug-likeness (QED) is 0.758. The molecule has 2 atom stereocenters. The van der Waals surface area contributed by atoms with Crippen LogP contribution >= 0.6 is 12.4 Å². The molecule has 0 aliphatic heterocycles. The van der Waals surface area contributed by atoms with Crippen molar-refractivity contribution in [2.24, 2.45) is 11.7 Å². The molecule has 1 heterocycles. The zero-order valence-corrected chi connectivity index (χ0v) is 11.6. The van der Waals surface area contributed by atoms with Crippen molar-refractivity contribution < 1.29 is 8.42 Å². The minimum absolute atomic E-state index is 0. The third kappa shape index (κ3) is 3.44. The van der Waals surface area contributed by atoms with Crippen molar-refractivity contribution in [1.29, 1.82) is 0 Å². The second kappa shape index (κ2) is 6.51. The molecule has 1 aliphatic rings. The number of sulfonamides is 1. The van der Waals surface area contributed by atoms with Gasteiger partial charge < -0.3 is 10.7 Å². The summed E-state index contributed by atoms with van der Waals surface area (Å²) in [6.07, 6.45) is 6.69. The maximum atomic E-state index is 12.0. The zero-order valence-electron chi connectivity index (χ0n) is 10.0. The van der Waals surface area contributed by atoms with Gasteiger partial charge in [-0.15, -0.1) is 12.4 Å². The van der Waals surface area contributed by atoms with Crippen molar-refractivity contribution in [3.05, 3.63) is 12.5 Å². The van der Waals surface area contributed by atoms with E-state index >= 15 is 0 Å². The van der Waals surface area contributed by atoms with Crippen LogP contribution in [-0.4, -0.2) is 31.0 Å². The Labute approximate surface area is 113 Å². The molecular weight excluding hydrogens is 276 g/mol. The summed E-state index contributed by atoms with van der Waals surface area (Å²) in [6.45, 7) is 0.524. The van der Waals surface area contributed by atoms with Crippen LogP contribution in [0.2, 0.25) is 0 Å². The Hall–Kier alpha value is -0.630. The molecule has 1 fully saturated rings. The largest absolute Gasteiger partial charge is 0.335 e. The van der Waals surface area contributed by atoms with E-state index in [1.165, 1.54) is 12.5 Å². The van der Waals surface area contributed by atoms with Crippen molar-refractivity contribution in [2.45, 2.75) is 36.8 Å². The number of hydrogen-bond donors (Lipinski definition) is 3. The van der Waals surface area contributed by atoms with Crippen molar-refractivity contribution >= 4 is 22.4 Å².